The van der Waals surface area contributed by atoms with E-state index in [9.17, 15) is 9.18 Å². The molecule has 0 N–H and O–H groups in total. The van der Waals surface area contributed by atoms with Crippen LogP contribution in [0.15, 0.2) is 30.3 Å². The van der Waals surface area contributed by atoms with Crippen molar-refractivity contribution in [1.29, 1.82) is 0 Å². The van der Waals surface area contributed by atoms with Crippen molar-refractivity contribution in [3.8, 4) is 0 Å². The average Bonchev–Trinajstić information content (AvgIpc) is 2.58. The lowest BCUT2D eigenvalue weighted by molar-refractivity contribution is 0.103. The first-order chi connectivity index (χ1) is 7.58. The standard InChI is InChI=1S/C13H11FOS/c1-8-7-12(9(2)16-8)13(15)10-3-5-11(14)6-4-10/h3-7H,1-2H3. The van der Waals surface area contributed by atoms with Crippen LogP contribution in [0, 0.1) is 19.7 Å². The maximum Gasteiger partial charge on any atom is 0.194 e. The van der Waals surface area contributed by atoms with Crippen LogP contribution in [-0.2, 0) is 0 Å². The Hall–Kier alpha value is -1.48. The Labute approximate surface area is 97.6 Å². The van der Waals surface area contributed by atoms with Crippen LogP contribution in [0.5, 0.6) is 0 Å². The SMILES string of the molecule is Cc1cc(C(=O)c2ccc(F)cc2)c(C)s1. The first-order valence-electron chi connectivity index (χ1n) is 4.95. The molecule has 0 fully saturated rings. The van der Waals surface area contributed by atoms with Gasteiger partial charge in [0.25, 0.3) is 0 Å². The Bertz CT molecular complexity index is 525. The summed E-state index contributed by atoms with van der Waals surface area (Å²) in [5.74, 6) is -0.364. The molecule has 16 heavy (non-hydrogen) atoms. The van der Waals surface area contributed by atoms with Crippen LogP contribution in [0.4, 0.5) is 4.39 Å². The fourth-order valence-corrected chi connectivity index (χ4v) is 2.53. The van der Waals surface area contributed by atoms with E-state index in [1.807, 2.05) is 19.9 Å². The Morgan fingerprint density at radius 3 is 2.31 bits per heavy atom. The van der Waals surface area contributed by atoms with Gasteiger partial charge in [-0.3, -0.25) is 4.79 Å². The number of carbonyl (C=O) groups is 1. The number of thiophene rings is 1. The summed E-state index contributed by atoms with van der Waals surface area (Å²) >= 11 is 1.60. The molecule has 2 rings (SSSR count). The van der Waals surface area contributed by atoms with Gasteiger partial charge in [0, 0.05) is 20.9 Å². The Morgan fingerprint density at radius 1 is 1.19 bits per heavy atom. The van der Waals surface area contributed by atoms with E-state index in [0.29, 0.717) is 11.1 Å². The van der Waals surface area contributed by atoms with Gasteiger partial charge in [0.15, 0.2) is 5.78 Å². The predicted octanol–water partition coefficient (Wildman–Crippen LogP) is 3.74. The smallest absolute Gasteiger partial charge is 0.194 e. The minimum atomic E-state index is -0.324. The van der Waals surface area contributed by atoms with E-state index in [4.69, 9.17) is 0 Å². The van der Waals surface area contributed by atoms with Gasteiger partial charge in [0.2, 0.25) is 0 Å². The van der Waals surface area contributed by atoms with Gasteiger partial charge in [-0.15, -0.1) is 11.3 Å². The molecule has 1 heterocycles. The molecule has 2 aromatic rings. The summed E-state index contributed by atoms with van der Waals surface area (Å²) in [5, 5.41) is 0. The molecular weight excluding hydrogens is 223 g/mol. The van der Waals surface area contributed by atoms with E-state index < -0.39 is 0 Å². The van der Waals surface area contributed by atoms with E-state index >= 15 is 0 Å². The Balaban J connectivity index is 2.39. The summed E-state index contributed by atoms with van der Waals surface area (Å²) in [6, 6.07) is 7.53. The van der Waals surface area contributed by atoms with Crippen LogP contribution in [0.1, 0.15) is 25.7 Å². The normalized spacial score (nSPS) is 10.4. The lowest BCUT2D eigenvalue weighted by atomic mass is 10.0. The van der Waals surface area contributed by atoms with E-state index in [-0.39, 0.29) is 11.6 Å². The van der Waals surface area contributed by atoms with Gasteiger partial charge < -0.3 is 0 Å². The molecule has 0 aliphatic heterocycles. The van der Waals surface area contributed by atoms with Gasteiger partial charge in [-0.25, -0.2) is 4.39 Å². The first-order valence-corrected chi connectivity index (χ1v) is 5.77. The summed E-state index contributed by atoms with van der Waals surface area (Å²) in [7, 11) is 0. The van der Waals surface area contributed by atoms with Gasteiger partial charge in [0.1, 0.15) is 5.82 Å². The van der Waals surface area contributed by atoms with Crippen LogP contribution in [0.25, 0.3) is 0 Å². The third-order valence-corrected chi connectivity index (χ3v) is 3.36. The van der Waals surface area contributed by atoms with E-state index in [0.717, 1.165) is 9.75 Å². The molecule has 0 unspecified atom stereocenters. The topological polar surface area (TPSA) is 17.1 Å². The molecule has 0 radical (unpaired) electrons. The number of hydrogen-bond acceptors (Lipinski definition) is 2. The highest BCUT2D eigenvalue weighted by atomic mass is 32.1. The minimum absolute atomic E-state index is 0.0400. The summed E-state index contributed by atoms with van der Waals surface area (Å²) in [5.41, 5.74) is 1.25. The molecule has 0 atom stereocenters. The molecule has 0 amide bonds. The minimum Gasteiger partial charge on any atom is -0.289 e. The molecule has 1 nitrogen and oxygen atoms in total. The van der Waals surface area contributed by atoms with E-state index in [1.54, 1.807) is 11.3 Å². The van der Waals surface area contributed by atoms with Crippen LogP contribution in [-0.4, -0.2) is 5.78 Å². The summed E-state index contributed by atoms with van der Waals surface area (Å²) in [6.45, 7) is 3.90. The molecule has 3 heteroatoms. The third kappa shape index (κ3) is 2.04. The van der Waals surface area contributed by atoms with Crippen LogP contribution >= 0.6 is 11.3 Å². The monoisotopic (exact) mass is 234 g/mol. The molecule has 0 saturated carbocycles. The fraction of sp³-hybridized carbons (Fsp3) is 0.154. The lowest BCUT2D eigenvalue weighted by Crippen LogP contribution is -2.01. The first kappa shape index (κ1) is 11.0. The average molecular weight is 234 g/mol. The van der Waals surface area contributed by atoms with Gasteiger partial charge >= 0.3 is 0 Å². The summed E-state index contributed by atoms with van der Waals surface area (Å²) < 4.78 is 12.7. The Morgan fingerprint density at radius 2 is 1.81 bits per heavy atom. The van der Waals surface area contributed by atoms with Crippen molar-refractivity contribution in [2.24, 2.45) is 0 Å². The number of carbonyl (C=O) groups excluding carboxylic acids is 1. The van der Waals surface area contributed by atoms with Gasteiger partial charge in [-0.1, -0.05) is 0 Å². The second-order valence-corrected chi connectivity index (χ2v) is 5.12. The molecule has 0 saturated heterocycles. The number of aryl methyl sites for hydroxylation is 2. The zero-order chi connectivity index (χ0) is 11.7. The summed E-state index contributed by atoms with van der Waals surface area (Å²) in [4.78, 5) is 14.2. The Kier molecular flexibility index (Phi) is 2.88. The number of halogens is 1. The highest BCUT2D eigenvalue weighted by Crippen LogP contribution is 2.23. The van der Waals surface area contributed by atoms with E-state index in [2.05, 4.69) is 0 Å². The molecular formula is C13H11FOS. The maximum atomic E-state index is 12.7. The van der Waals surface area contributed by atoms with E-state index in [1.165, 1.54) is 24.3 Å². The molecule has 1 aromatic heterocycles. The summed E-state index contributed by atoms with van der Waals surface area (Å²) in [6.07, 6.45) is 0. The fourth-order valence-electron chi connectivity index (χ4n) is 1.61. The van der Waals surface area contributed by atoms with Crippen molar-refractivity contribution in [3.05, 3.63) is 57.0 Å². The number of benzene rings is 1. The van der Waals surface area contributed by atoms with Crippen LogP contribution in [0.3, 0.4) is 0 Å². The predicted molar refractivity (Wildman–Crippen MR) is 63.6 cm³/mol. The molecule has 82 valence electrons. The van der Waals surface area contributed by atoms with Crippen LogP contribution in [0.2, 0.25) is 0 Å². The quantitative estimate of drug-likeness (QED) is 0.723. The van der Waals surface area contributed by atoms with Crippen molar-refractivity contribution in [2.75, 3.05) is 0 Å². The van der Waals surface area contributed by atoms with Crippen molar-refractivity contribution in [2.45, 2.75) is 13.8 Å². The maximum absolute atomic E-state index is 12.7. The molecule has 1 aromatic carbocycles. The molecule has 0 aliphatic carbocycles. The van der Waals surface area contributed by atoms with Crippen molar-refractivity contribution in [3.63, 3.8) is 0 Å². The van der Waals surface area contributed by atoms with Gasteiger partial charge in [-0.05, 0) is 44.2 Å². The number of hydrogen-bond donors (Lipinski definition) is 0. The van der Waals surface area contributed by atoms with Crippen LogP contribution < -0.4 is 0 Å². The highest BCUT2D eigenvalue weighted by molar-refractivity contribution is 7.12. The molecule has 0 bridgehead atoms. The molecule has 0 spiro atoms. The number of ketones is 1. The number of rotatable bonds is 2. The highest BCUT2D eigenvalue weighted by Gasteiger charge is 2.13. The van der Waals surface area contributed by atoms with Gasteiger partial charge in [0.05, 0.1) is 0 Å². The zero-order valence-electron chi connectivity index (χ0n) is 9.08. The third-order valence-electron chi connectivity index (χ3n) is 2.39. The van der Waals surface area contributed by atoms with Crippen molar-refractivity contribution >= 4 is 17.1 Å². The zero-order valence-corrected chi connectivity index (χ0v) is 9.90. The largest absolute Gasteiger partial charge is 0.289 e. The second-order valence-electron chi connectivity index (χ2n) is 3.66. The lowest BCUT2D eigenvalue weighted by Gasteiger charge is -1.99. The van der Waals surface area contributed by atoms with Crippen molar-refractivity contribution < 1.29 is 9.18 Å². The molecule has 0 aliphatic rings. The van der Waals surface area contributed by atoms with Crippen molar-refractivity contribution in [1.82, 2.24) is 0 Å². The van der Waals surface area contributed by atoms with Gasteiger partial charge in [-0.2, -0.15) is 0 Å². The second kappa shape index (κ2) is 4.18.